The first-order chi connectivity index (χ1) is 13.2. The van der Waals surface area contributed by atoms with Crippen LogP contribution in [-0.2, 0) is 0 Å². The molecule has 0 atom stereocenters. The molecule has 0 amide bonds. The second-order valence-corrected chi connectivity index (χ2v) is 7.18. The third-order valence-electron chi connectivity index (χ3n) is 4.12. The fraction of sp³-hybridized carbons (Fsp3) is 0.0435. The summed E-state index contributed by atoms with van der Waals surface area (Å²) in [4.78, 5) is 16.8. The molecule has 0 saturated carbocycles. The van der Waals surface area contributed by atoms with Gasteiger partial charge in [0.1, 0.15) is 5.75 Å². The highest BCUT2D eigenvalue weighted by atomic mass is 32.1. The van der Waals surface area contributed by atoms with Gasteiger partial charge in [0.05, 0.1) is 10.2 Å². The number of thiazole rings is 1. The number of hydrogen-bond acceptors (Lipinski definition) is 4. The minimum atomic E-state index is -0.0397. The molecule has 0 aliphatic rings. The van der Waals surface area contributed by atoms with E-state index in [9.17, 15) is 4.79 Å². The van der Waals surface area contributed by atoms with Gasteiger partial charge in [-0.2, -0.15) is 0 Å². The number of rotatable bonds is 5. The molecule has 0 fully saturated rings. The molecular formula is C23H17NO2S. The van der Waals surface area contributed by atoms with Crippen LogP contribution in [0.1, 0.15) is 21.5 Å². The number of fused-ring (bicyclic) bond motifs is 1. The predicted molar refractivity (Wildman–Crippen MR) is 111 cm³/mol. The van der Waals surface area contributed by atoms with Gasteiger partial charge in [-0.25, -0.2) is 4.98 Å². The smallest absolute Gasteiger partial charge is 0.279 e. The Morgan fingerprint density at radius 3 is 2.44 bits per heavy atom. The van der Waals surface area contributed by atoms with Crippen LogP contribution in [0.25, 0.3) is 16.3 Å². The lowest BCUT2D eigenvalue weighted by atomic mass is 10.1. The standard InChI is InChI=1S/C23H17NO2S/c1-16-6-8-17(9-7-16)10-15-21(25)18-11-13-19(14-12-18)26-23-24-20-4-2-3-5-22(20)27-23/h2-15H,1H3/b15-10+. The summed E-state index contributed by atoms with van der Waals surface area (Å²) in [5, 5.41) is 0.592. The summed E-state index contributed by atoms with van der Waals surface area (Å²) in [5.41, 5.74) is 3.74. The number of ether oxygens (including phenoxy) is 1. The van der Waals surface area contributed by atoms with Crippen molar-refractivity contribution in [3.63, 3.8) is 0 Å². The van der Waals surface area contributed by atoms with Gasteiger partial charge in [0.25, 0.3) is 5.19 Å². The quantitative estimate of drug-likeness (QED) is 0.305. The van der Waals surface area contributed by atoms with Crippen molar-refractivity contribution in [2.45, 2.75) is 6.92 Å². The number of hydrogen-bond donors (Lipinski definition) is 0. The van der Waals surface area contributed by atoms with Crippen molar-refractivity contribution in [3.8, 4) is 10.9 Å². The Morgan fingerprint density at radius 2 is 1.70 bits per heavy atom. The number of aromatic nitrogens is 1. The van der Waals surface area contributed by atoms with E-state index in [-0.39, 0.29) is 5.78 Å². The molecule has 4 rings (SSSR count). The molecule has 1 aromatic heterocycles. The number of benzene rings is 3. The SMILES string of the molecule is Cc1ccc(/C=C/C(=O)c2ccc(Oc3nc4ccccc4s3)cc2)cc1. The summed E-state index contributed by atoms with van der Waals surface area (Å²) in [7, 11) is 0. The maximum absolute atomic E-state index is 12.3. The highest BCUT2D eigenvalue weighted by Gasteiger charge is 2.07. The van der Waals surface area contributed by atoms with Crippen LogP contribution >= 0.6 is 11.3 Å². The first-order valence-electron chi connectivity index (χ1n) is 8.60. The fourth-order valence-electron chi connectivity index (χ4n) is 2.63. The molecule has 1 heterocycles. The Bertz CT molecular complexity index is 1080. The van der Waals surface area contributed by atoms with Crippen molar-refractivity contribution < 1.29 is 9.53 Å². The average molecular weight is 371 g/mol. The van der Waals surface area contributed by atoms with Crippen molar-refractivity contribution in [1.82, 2.24) is 4.98 Å². The van der Waals surface area contributed by atoms with E-state index in [0.717, 1.165) is 15.8 Å². The minimum absolute atomic E-state index is 0.0397. The second-order valence-electron chi connectivity index (χ2n) is 6.18. The largest absolute Gasteiger partial charge is 0.431 e. The van der Waals surface area contributed by atoms with Gasteiger partial charge in [-0.05, 0) is 55.0 Å². The highest BCUT2D eigenvalue weighted by Crippen LogP contribution is 2.31. The molecule has 0 unspecified atom stereocenters. The van der Waals surface area contributed by atoms with Gasteiger partial charge in [0, 0.05) is 5.56 Å². The lowest BCUT2D eigenvalue weighted by Gasteiger charge is -2.02. The number of aryl methyl sites for hydroxylation is 1. The molecular weight excluding hydrogens is 354 g/mol. The zero-order valence-electron chi connectivity index (χ0n) is 14.8. The van der Waals surface area contributed by atoms with E-state index in [1.807, 2.05) is 61.5 Å². The minimum Gasteiger partial charge on any atom is -0.431 e. The van der Waals surface area contributed by atoms with Crippen molar-refractivity contribution in [2.24, 2.45) is 0 Å². The molecule has 3 aromatic carbocycles. The van der Waals surface area contributed by atoms with Crippen LogP contribution < -0.4 is 4.74 Å². The Hall–Kier alpha value is -3.24. The molecule has 0 radical (unpaired) electrons. The first kappa shape index (κ1) is 17.2. The zero-order valence-corrected chi connectivity index (χ0v) is 15.6. The van der Waals surface area contributed by atoms with E-state index in [1.165, 1.54) is 16.9 Å². The maximum atomic E-state index is 12.3. The summed E-state index contributed by atoms with van der Waals surface area (Å²) in [5.74, 6) is 0.621. The summed E-state index contributed by atoms with van der Waals surface area (Å²) in [6.07, 6.45) is 3.42. The van der Waals surface area contributed by atoms with Crippen molar-refractivity contribution >= 4 is 33.4 Å². The summed E-state index contributed by atoms with van der Waals surface area (Å²) in [6.45, 7) is 2.04. The summed E-state index contributed by atoms with van der Waals surface area (Å²) in [6, 6.07) is 23.1. The van der Waals surface area contributed by atoms with Gasteiger partial charge in [-0.3, -0.25) is 4.79 Å². The monoisotopic (exact) mass is 371 g/mol. The summed E-state index contributed by atoms with van der Waals surface area (Å²) < 4.78 is 6.90. The number of allylic oxidation sites excluding steroid dienone is 1. The first-order valence-corrected chi connectivity index (χ1v) is 9.42. The van der Waals surface area contributed by atoms with Crippen molar-refractivity contribution in [3.05, 3.63) is 95.6 Å². The zero-order chi connectivity index (χ0) is 18.6. The van der Waals surface area contributed by atoms with Gasteiger partial charge in [-0.15, -0.1) is 0 Å². The van der Waals surface area contributed by atoms with E-state index in [1.54, 1.807) is 30.3 Å². The van der Waals surface area contributed by atoms with E-state index in [4.69, 9.17) is 4.74 Å². The van der Waals surface area contributed by atoms with Gasteiger partial charge < -0.3 is 4.74 Å². The molecule has 0 aliphatic carbocycles. The van der Waals surface area contributed by atoms with Crippen LogP contribution in [0.5, 0.6) is 10.9 Å². The maximum Gasteiger partial charge on any atom is 0.279 e. The third-order valence-corrected chi connectivity index (χ3v) is 5.04. The van der Waals surface area contributed by atoms with Crippen molar-refractivity contribution in [1.29, 1.82) is 0 Å². The molecule has 0 saturated heterocycles. The molecule has 0 N–H and O–H groups in total. The lowest BCUT2D eigenvalue weighted by Crippen LogP contribution is -1.94. The van der Waals surface area contributed by atoms with Gasteiger partial charge in [0.15, 0.2) is 5.78 Å². The van der Waals surface area contributed by atoms with E-state index < -0.39 is 0 Å². The molecule has 3 nitrogen and oxygen atoms in total. The van der Waals surface area contributed by atoms with E-state index >= 15 is 0 Å². The van der Waals surface area contributed by atoms with Crippen LogP contribution in [0.3, 0.4) is 0 Å². The van der Waals surface area contributed by atoms with Crippen LogP contribution in [-0.4, -0.2) is 10.8 Å². The highest BCUT2D eigenvalue weighted by molar-refractivity contribution is 7.20. The topological polar surface area (TPSA) is 39.2 Å². The fourth-order valence-corrected chi connectivity index (χ4v) is 3.46. The summed E-state index contributed by atoms with van der Waals surface area (Å²) >= 11 is 1.50. The van der Waals surface area contributed by atoms with E-state index in [0.29, 0.717) is 16.5 Å². The molecule has 27 heavy (non-hydrogen) atoms. The Labute approximate surface area is 161 Å². The van der Waals surface area contributed by atoms with Crippen LogP contribution in [0.15, 0.2) is 78.9 Å². The number of carbonyl (C=O) groups is 1. The van der Waals surface area contributed by atoms with Gasteiger partial charge in [0.2, 0.25) is 0 Å². The van der Waals surface area contributed by atoms with Gasteiger partial charge in [-0.1, -0.05) is 59.4 Å². The Morgan fingerprint density at radius 1 is 0.963 bits per heavy atom. The average Bonchev–Trinajstić information content (AvgIpc) is 3.10. The Balaban J connectivity index is 1.44. The van der Waals surface area contributed by atoms with Crippen LogP contribution in [0.4, 0.5) is 0 Å². The molecule has 4 aromatic rings. The molecule has 0 bridgehead atoms. The lowest BCUT2D eigenvalue weighted by molar-refractivity contribution is 0.104. The van der Waals surface area contributed by atoms with Crippen LogP contribution in [0.2, 0.25) is 0 Å². The molecule has 132 valence electrons. The Kier molecular flexibility index (Phi) is 4.81. The molecule has 4 heteroatoms. The van der Waals surface area contributed by atoms with Gasteiger partial charge >= 0.3 is 0 Å². The third kappa shape index (κ3) is 4.13. The number of ketones is 1. The normalized spacial score (nSPS) is 11.1. The van der Waals surface area contributed by atoms with Crippen molar-refractivity contribution in [2.75, 3.05) is 0 Å². The van der Waals surface area contributed by atoms with E-state index in [2.05, 4.69) is 4.98 Å². The second kappa shape index (κ2) is 7.56. The molecule has 0 aliphatic heterocycles. The number of nitrogens with zero attached hydrogens (tertiary/aromatic N) is 1. The number of carbonyl (C=O) groups excluding carboxylic acids is 1. The number of para-hydroxylation sites is 1. The predicted octanol–water partition coefficient (Wildman–Crippen LogP) is 6.29. The molecule has 0 spiro atoms. The van der Waals surface area contributed by atoms with Crippen LogP contribution in [0, 0.1) is 6.92 Å².